The quantitative estimate of drug-likeness (QED) is 0.581. The fourth-order valence-electron chi connectivity index (χ4n) is 2.33. The van der Waals surface area contributed by atoms with E-state index in [1.165, 1.54) is 11.8 Å². The summed E-state index contributed by atoms with van der Waals surface area (Å²) < 4.78 is 7.28. The summed E-state index contributed by atoms with van der Waals surface area (Å²) in [5.41, 5.74) is 1.49. The number of rotatable bonds is 5. The summed E-state index contributed by atoms with van der Waals surface area (Å²) in [7, 11) is 1.58. The number of methoxy groups -OCH3 is 1. The molecule has 3 rings (SSSR count). The van der Waals surface area contributed by atoms with Gasteiger partial charge in [0, 0.05) is 15.6 Å². The first-order chi connectivity index (χ1) is 12.1. The highest BCUT2D eigenvalue weighted by atomic mass is 35.5. The Bertz CT molecular complexity index is 952. The van der Waals surface area contributed by atoms with Crippen molar-refractivity contribution in [2.45, 2.75) is 5.16 Å². The van der Waals surface area contributed by atoms with Gasteiger partial charge in [-0.1, -0.05) is 47.1 Å². The van der Waals surface area contributed by atoms with E-state index in [0.29, 0.717) is 32.5 Å². The maximum atomic E-state index is 8.90. The van der Waals surface area contributed by atoms with Gasteiger partial charge in [-0.3, -0.25) is 4.57 Å². The van der Waals surface area contributed by atoms with Gasteiger partial charge in [0.25, 0.3) is 0 Å². The minimum absolute atomic E-state index is 0.247. The topological polar surface area (TPSA) is 63.7 Å². The molecule has 8 heteroatoms. The number of nitrogens with zero attached hydrogens (tertiary/aromatic N) is 4. The summed E-state index contributed by atoms with van der Waals surface area (Å²) in [5.74, 6) is 1.45. The predicted octanol–water partition coefficient (Wildman–Crippen LogP) is 4.87. The fourth-order valence-corrected chi connectivity index (χ4v) is 3.29. The van der Waals surface area contributed by atoms with Crippen molar-refractivity contribution in [2.75, 3.05) is 12.9 Å². The molecule has 0 radical (unpaired) electrons. The lowest BCUT2D eigenvalue weighted by molar-refractivity contribution is 0.412. The first kappa shape index (κ1) is 17.6. The van der Waals surface area contributed by atoms with Crippen LogP contribution in [0.15, 0.2) is 47.6 Å². The largest absolute Gasteiger partial charge is 0.495 e. The van der Waals surface area contributed by atoms with Crippen molar-refractivity contribution < 1.29 is 4.74 Å². The van der Waals surface area contributed by atoms with Crippen LogP contribution in [0.3, 0.4) is 0 Å². The number of nitriles is 1. The van der Waals surface area contributed by atoms with E-state index in [0.717, 1.165) is 5.56 Å². The third kappa shape index (κ3) is 3.74. The van der Waals surface area contributed by atoms with Gasteiger partial charge in [0.15, 0.2) is 11.0 Å². The van der Waals surface area contributed by atoms with Crippen LogP contribution in [-0.2, 0) is 0 Å². The van der Waals surface area contributed by atoms with Gasteiger partial charge in [0.2, 0.25) is 0 Å². The van der Waals surface area contributed by atoms with Crippen LogP contribution in [0.5, 0.6) is 5.75 Å². The Labute approximate surface area is 159 Å². The maximum Gasteiger partial charge on any atom is 0.197 e. The molecule has 0 amide bonds. The Morgan fingerprint density at radius 3 is 2.68 bits per heavy atom. The van der Waals surface area contributed by atoms with Crippen LogP contribution in [0.25, 0.3) is 17.1 Å². The normalized spacial score (nSPS) is 10.5. The summed E-state index contributed by atoms with van der Waals surface area (Å²) in [6.07, 6.45) is 0. The molecule has 0 aliphatic rings. The first-order valence-corrected chi connectivity index (χ1v) is 8.93. The van der Waals surface area contributed by atoms with Crippen LogP contribution in [0.1, 0.15) is 0 Å². The lowest BCUT2D eigenvalue weighted by Gasteiger charge is -2.14. The molecular weight excluding hydrogens is 379 g/mol. The summed E-state index contributed by atoms with van der Waals surface area (Å²) in [6.45, 7) is 0. The van der Waals surface area contributed by atoms with Crippen molar-refractivity contribution in [3.8, 4) is 28.9 Å². The molecule has 5 nitrogen and oxygen atoms in total. The van der Waals surface area contributed by atoms with Gasteiger partial charge in [-0.2, -0.15) is 5.26 Å². The van der Waals surface area contributed by atoms with Crippen molar-refractivity contribution >= 4 is 35.0 Å². The molecule has 0 spiro atoms. The van der Waals surface area contributed by atoms with Crippen molar-refractivity contribution in [2.24, 2.45) is 0 Å². The highest BCUT2D eigenvalue weighted by Gasteiger charge is 2.19. The van der Waals surface area contributed by atoms with Gasteiger partial charge in [0.1, 0.15) is 5.75 Å². The van der Waals surface area contributed by atoms with Crippen LogP contribution >= 0.6 is 35.0 Å². The van der Waals surface area contributed by atoms with Crippen LogP contribution < -0.4 is 4.74 Å². The molecule has 0 bridgehead atoms. The van der Waals surface area contributed by atoms with Gasteiger partial charge in [0.05, 0.1) is 24.6 Å². The second kappa shape index (κ2) is 7.79. The van der Waals surface area contributed by atoms with Crippen molar-refractivity contribution in [1.29, 1.82) is 5.26 Å². The first-order valence-electron chi connectivity index (χ1n) is 7.19. The van der Waals surface area contributed by atoms with Gasteiger partial charge >= 0.3 is 0 Å². The molecule has 0 aliphatic carbocycles. The lowest BCUT2D eigenvalue weighted by atomic mass is 10.2. The third-order valence-corrected chi connectivity index (χ3v) is 4.63. The van der Waals surface area contributed by atoms with Gasteiger partial charge in [-0.05, 0) is 30.3 Å². The standard InChI is InChI=1S/C17H12Cl2N4OS/c1-24-15-6-5-13(19)10-14(15)23-16(11-3-2-4-12(18)9-11)21-22-17(23)25-8-7-20/h2-6,9-10H,8H2,1H3. The molecule has 2 aromatic carbocycles. The Balaban J connectivity index is 2.24. The SMILES string of the molecule is COc1ccc(Cl)cc1-n1c(SCC#N)nnc1-c1cccc(Cl)c1. The van der Waals surface area contributed by atoms with E-state index in [1.54, 1.807) is 37.4 Å². The van der Waals surface area contributed by atoms with E-state index in [-0.39, 0.29) is 5.75 Å². The maximum absolute atomic E-state index is 8.90. The Morgan fingerprint density at radius 2 is 1.96 bits per heavy atom. The second-order valence-corrected chi connectivity index (χ2v) is 6.73. The molecule has 0 aliphatic heterocycles. The number of aromatic nitrogens is 3. The number of hydrogen-bond acceptors (Lipinski definition) is 5. The minimum atomic E-state index is 0.247. The smallest absolute Gasteiger partial charge is 0.197 e. The van der Waals surface area contributed by atoms with E-state index >= 15 is 0 Å². The van der Waals surface area contributed by atoms with Crippen LogP contribution in [-0.4, -0.2) is 27.6 Å². The fraction of sp³-hybridized carbons (Fsp3) is 0.118. The third-order valence-electron chi connectivity index (χ3n) is 3.36. The molecule has 1 heterocycles. The highest BCUT2D eigenvalue weighted by Crippen LogP contribution is 2.34. The Hall–Kier alpha value is -2.20. The van der Waals surface area contributed by atoms with E-state index in [9.17, 15) is 0 Å². The minimum Gasteiger partial charge on any atom is -0.495 e. The second-order valence-electron chi connectivity index (χ2n) is 4.91. The van der Waals surface area contributed by atoms with Crippen LogP contribution in [0.2, 0.25) is 10.0 Å². The number of ether oxygens (including phenoxy) is 1. The number of benzene rings is 2. The van der Waals surface area contributed by atoms with E-state index in [2.05, 4.69) is 16.3 Å². The van der Waals surface area contributed by atoms with Gasteiger partial charge in [-0.15, -0.1) is 10.2 Å². The average molecular weight is 391 g/mol. The molecule has 126 valence electrons. The monoisotopic (exact) mass is 390 g/mol. The number of hydrogen-bond donors (Lipinski definition) is 0. The van der Waals surface area contributed by atoms with Crippen molar-refractivity contribution in [3.63, 3.8) is 0 Å². The average Bonchev–Trinajstić information content (AvgIpc) is 3.03. The number of halogens is 2. The molecule has 25 heavy (non-hydrogen) atoms. The molecule has 0 fully saturated rings. The summed E-state index contributed by atoms with van der Waals surface area (Å²) in [5, 5.41) is 19.1. The van der Waals surface area contributed by atoms with Gasteiger partial charge < -0.3 is 4.74 Å². The molecular formula is C17H12Cl2N4OS. The highest BCUT2D eigenvalue weighted by molar-refractivity contribution is 7.99. The zero-order valence-corrected chi connectivity index (χ0v) is 15.4. The summed E-state index contributed by atoms with van der Waals surface area (Å²) >= 11 is 13.6. The van der Waals surface area contributed by atoms with Crippen molar-refractivity contribution in [3.05, 3.63) is 52.5 Å². The summed E-state index contributed by atoms with van der Waals surface area (Å²) in [4.78, 5) is 0. The molecule has 0 saturated carbocycles. The van der Waals surface area contributed by atoms with Crippen molar-refractivity contribution in [1.82, 2.24) is 14.8 Å². The van der Waals surface area contributed by atoms with Crippen LogP contribution in [0, 0.1) is 11.3 Å². The molecule has 1 aromatic heterocycles. The molecule has 0 saturated heterocycles. The van der Waals surface area contributed by atoms with E-state index in [4.69, 9.17) is 33.2 Å². The lowest BCUT2D eigenvalue weighted by Crippen LogP contribution is -2.02. The molecule has 3 aromatic rings. The van der Waals surface area contributed by atoms with Crippen LogP contribution in [0.4, 0.5) is 0 Å². The summed E-state index contributed by atoms with van der Waals surface area (Å²) in [6, 6.07) is 14.7. The zero-order valence-electron chi connectivity index (χ0n) is 13.1. The van der Waals surface area contributed by atoms with Gasteiger partial charge in [-0.25, -0.2) is 0 Å². The zero-order chi connectivity index (χ0) is 17.8. The molecule has 0 atom stereocenters. The predicted molar refractivity (Wildman–Crippen MR) is 99.7 cm³/mol. The Morgan fingerprint density at radius 1 is 1.16 bits per heavy atom. The molecule has 0 unspecified atom stereocenters. The Kier molecular flexibility index (Phi) is 5.49. The van der Waals surface area contributed by atoms with E-state index < -0.39 is 0 Å². The van der Waals surface area contributed by atoms with E-state index in [1.807, 2.05) is 16.7 Å². The number of thioether (sulfide) groups is 1. The molecule has 0 N–H and O–H groups in total.